The summed E-state index contributed by atoms with van der Waals surface area (Å²) in [6.07, 6.45) is 15.7. The van der Waals surface area contributed by atoms with Gasteiger partial charge in [-0.05, 0) is 19.3 Å². The van der Waals surface area contributed by atoms with Crippen molar-refractivity contribution in [2.75, 3.05) is 0 Å². The molecule has 150 valence electrons. The predicted octanol–water partition coefficient (Wildman–Crippen LogP) is 5.46. The van der Waals surface area contributed by atoms with Gasteiger partial charge in [0.2, 0.25) is 5.91 Å². The number of amides is 1. The molecule has 0 aliphatic carbocycles. The van der Waals surface area contributed by atoms with Crippen molar-refractivity contribution in [3.05, 3.63) is 11.6 Å². The summed E-state index contributed by atoms with van der Waals surface area (Å²) in [6, 6.07) is 0. The Hall–Kier alpha value is -1.23. The van der Waals surface area contributed by atoms with E-state index in [1.165, 1.54) is 44.9 Å². The van der Waals surface area contributed by atoms with Crippen LogP contribution in [0.4, 0.5) is 0 Å². The zero-order valence-corrected chi connectivity index (χ0v) is 16.9. The van der Waals surface area contributed by atoms with E-state index in [2.05, 4.69) is 19.2 Å². The molecule has 5 nitrogen and oxygen atoms in total. The van der Waals surface area contributed by atoms with E-state index in [4.69, 9.17) is 0 Å². The van der Waals surface area contributed by atoms with Crippen LogP contribution < -0.4 is 16.6 Å². The fourth-order valence-corrected chi connectivity index (χ4v) is 2.78. The van der Waals surface area contributed by atoms with E-state index >= 15 is 0 Å². The Kier molecular flexibility index (Phi) is 19.9. The molecule has 0 aromatic rings. The zero-order chi connectivity index (χ0) is 18.0. The molecule has 0 radical (unpaired) electrons. The highest BCUT2D eigenvalue weighted by Crippen LogP contribution is 2.13. The molecule has 0 aromatic carbocycles. The zero-order valence-electron chi connectivity index (χ0n) is 16.9. The first-order valence-corrected chi connectivity index (χ1v) is 10.0. The van der Waals surface area contributed by atoms with E-state index in [0.29, 0.717) is 12.8 Å². The molecule has 5 heteroatoms. The van der Waals surface area contributed by atoms with Gasteiger partial charge in [-0.25, -0.2) is 0 Å². The van der Waals surface area contributed by atoms with Gasteiger partial charge in [-0.15, -0.1) is 0 Å². The maximum Gasteiger partial charge on any atom is 0.224 e. The molecule has 0 aliphatic rings. The van der Waals surface area contributed by atoms with Gasteiger partial charge in [0.05, 0.1) is 5.95 Å². The average Bonchev–Trinajstić information content (AvgIpc) is 2.55. The van der Waals surface area contributed by atoms with E-state index in [0.717, 1.165) is 38.5 Å². The molecule has 0 saturated heterocycles. The maximum absolute atomic E-state index is 11.8. The van der Waals surface area contributed by atoms with Gasteiger partial charge in [0.15, 0.2) is 0 Å². The number of carbonyl (C=O) groups excluding carboxylic acids is 1. The number of unbranched alkanes of at least 4 members (excludes halogenated alkanes) is 11. The van der Waals surface area contributed by atoms with E-state index in [1.807, 2.05) is 0 Å². The molecular weight excluding hydrogens is 316 g/mol. The first-order valence-electron chi connectivity index (χ1n) is 10.0. The van der Waals surface area contributed by atoms with Crippen molar-refractivity contribution < 1.29 is 15.0 Å². The van der Waals surface area contributed by atoms with Crippen LogP contribution in [-0.4, -0.2) is 11.0 Å². The summed E-state index contributed by atoms with van der Waals surface area (Å²) in [5.41, 5.74) is 0.166. The van der Waals surface area contributed by atoms with Crippen molar-refractivity contribution in [2.24, 2.45) is 0 Å². The number of hydrogen-bond donors (Lipinski definition) is 3. The molecule has 0 rings (SSSR count). The number of rotatable bonds is 16. The normalized spacial score (nSPS) is 11.6. The lowest BCUT2D eigenvalue weighted by Gasteiger charge is -2.14. The highest BCUT2D eigenvalue weighted by Gasteiger charge is 2.06. The number of aliphatic hydroxyl groups is 1. The van der Waals surface area contributed by atoms with Crippen LogP contribution in [0.5, 0.6) is 0 Å². The Morgan fingerprint density at radius 1 is 0.760 bits per heavy atom. The largest absolute Gasteiger partial charge is 0.628 e. The lowest BCUT2D eigenvalue weighted by Crippen LogP contribution is -2.26. The van der Waals surface area contributed by atoms with Crippen LogP contribution in [0.25, 0.3) is 0 Å². The van der Waals surface area contributed by atoms with E-state index in [1.54, 1.807) is 0 Å². The SMILES string of the molecule is CCCCCCCCCC/C(NC(=O)CCCCCCC)=C(\[O-])O.[NH4+]. The Morgan fingerprint density at radius 3 is 1.60 bits per heavy atom. The summed E-state index contributed by atoms with van der Waals surface area (Å²) < 4.78 is 0. The number of nitrogens with one attached hydrogen (secondary N) is 1. The Labute approximate surface area is 154 Å². The molecule has 0 bridgehead atoms. The maximum atomic E-state index is 11.8. The number of carbonyl (C=O) groups is 1. The molecule has 0 atom stereocenters. The van der Waals surface area contributed by atoms with Crippen LogP contribution in [-0.2, 0) is 4.79 Å². The van der Waals surface area contributed by atoms with E-state index in [9.17, 15) is 15.0 Å². The second-order valence-corrected chi connectivity index (χ2v) is 6.72. The standard InChI is InChI=1S/C20H39NO3.H3N/c1-3-5-7-9-10-11-13-14-16-18(20(23)24)21-19(22)17-15-12-8-6-4-2;/h23-24H,3-17H2,1-2H3,(H,21,22);1H3. The van der Waals surface area contributed by atoms with Gasteiger partial charge in [-0.2, -0.15) is 0 Å². The highest BCUT2D eigenvalue weighted by molar-refractivity contribution is 5.77. The Balaban J connectivity index is 0. The highest BCUT2D eigenvalue weighted by atomic mass is 16.5. The fourth-order valence-electron chi connectivity index (χ4n) is 2.78. The first kappa shape index (κ1) is 26.0. The molecule has 0 heterocycles. The summed E-state index contributed by atoms with van der Waals surface area (Å²) in [7, 11) is 0. The number of allylic oxidation sites excluding steroid dienone is 1. The summed E-state index contributed by atoms with van der Waals surface area (Å²) >= 11 is 0. The van der Waals surface area contributed by atoms with Gasteiger partial charge in [-0.1, -0.05) is 84.5 Å². The number of hydrogen-bond acceptors (Lipinski definition) is 3. The van der Waals surface area contributed by atoms with Gasteiger partial charge in [-0.3, -0.25) is 4.79 Å². The van der Waals surface area contributed by atoms with Gasteiger partial charge in [0, 0.05) is 12.1 Å². The second-order valence-electron chi connectivity index (χ2n) is 6.72. The minimum absolute atomic E-state index is 0. The average molecular weight is 359 g/mol. The molecule has 0 spiro atoms. The minimum atomic E-state index is -0.989. The van der Waals surface area contributed by atoms with Crippen LogP contribution in [0.2, 0.25) is 0 Å². The van der Waals surface area contributed by atoms with Crippen LogP contribution in [0.1, 0.15) is 110 Å². The number of aliphatic hydroxyl groups excluding tert-OH is 1. The summed E-state index contributed by atoms with van der Waals surface area (Å²) in [6.45, 7) is 4.37. The van der Waals surface area contributed by atoms with Crippen molar-refractivity contribution in [2.45, 2.75) is 110 Å². The van der Waals surface area contributed by atoms with Gasteiger partial charge < -0.3 is 21.7 Å². The second kappa shape index (κ2) is 19.1. The van der Waals surface area contributed by atoms with Crippen molar-refractivity contribution in [3.8, 4) is 0 Å². The van der Waals surface area contributed by atoms with Crippen molar-refractivity contribution in [1.82, 2.24) is 11.5 Å². The van der Waals surface area contributed by atoms with Crippen LogP contribution in [0.3, 0.4) is 0 Å². The van der Waals surface area contributed by atoms with Crippen LogP contribution in [0.15, 0.2) is 11.6 Å². The van der Waals surface area contributed by atoms with Gasteiger partial charge in [0.1, 0.15) is 0 Å². The summed E-state index contributed by atoms with van der Waals surface area (Å²) in [5, 5.41) is 23.1. The molecule has 0 fully saturated rings. The van der Waals surface area contributed by atoms with Gasteiger partial charge >= 0.3 is 0 Å². The topological polar surface area (TPSA) is 109 Å². The first-order chi connectivity index (χ1) is 11.6. The third kappa shape index (κ3) is 17.4. The quantitative estimate of drug-likeness (QED) is 0.252. The monoisotopic (exact) mass is 358 g/mol. The summed E-state index contributed by atoms with van der Waals surface area (Å²) in [5.74, 6) is -1.14. The molecule has 0 aliphatic heterocycles. The fraction of sp³-hybridized carbons (Fsp3) is 0.850. The molecule has 0 aromatic heterocycles. The van der Waals surface area contributed by atoms with Crippen LogP contribution >= 0.6 is 0 Å². The minimum Gasteiger partial charge on any atom is -0.628 e. The third-order valence-electron chi connectivity index (χ3n) is 4.34. The molecule has 0 saturated carbocycles. The molecule has 6 N–H and O–H groups in total. The molecule has 0 unspecified atom stereocenters. The lowest BCUT2D eigenvalue weighted by molar-refractivity contribution is -0.351. The van der Waals surface area contributed by atoms with Crippen molar-refractivity contribution >= 4 is 5.91 Å². The molecular formula is C20H42N2O3. The lowest BCUT2D eigenvalue weighted by atomic mass is 10.1. The third-order valence-corrected chi connectivity index (χ3v) is 4.34. The van der Waals surface area contributed by atoms with Gasteiger partial charge in [0.25, 0.3) is 0 Å². The Morgan fingerprint density at radius 2 is 1.16 bits per heavy atom. The number of quaternary nitrogens is 1. The van der Waals surface area contributed by atoms with E-state index in [-0.39, 0.29) is 17.8 Å². The smallest absolute Gasteiger partial charge is 0.224 e. The van der Waals surface area contributed by atoms with Crippen LogP contribution in [0, 0.1) is 0 Å². The molecule has 25 heavy (non-hydrogen) atoms. The van der Waals surface area contributed by atoms with E-state index < -0.39 is 5.95 Å². The molecule has 1 amide bonds. The summed E-state index contributed by atoms with van der Waals surface area (Å²) in [4.78, 5) is 11.8. The predicted molar refractivity (Wildman–Crippen MR) is 104 cm³/mol. The Bertz CT molecular complexity index is 340. The van der Waals surface area contributed by atoms with Crippen molar-refractivity contribution in [3.63, 3.8) is 0 Å². The van der Waals surface area contributed by atoms with Crippen molar-refractivity contribution in [1.29, 1.82) is 0 Å².